The number of nitrogens with zero attached hydrogens (tertiary/aromatic N) is 5. The summed E-state index contributed by atoms with van der Waals surface area (Å²) in [4.78, 5) is 19.1. The summed E-state index contributed by atoms with van der Waals surface area (Å²) in [6.07, 6.45) is 2.75. The summed E-state index contributed by atoms with van der Waals surface area (Å²) in [5, 5.41) is 7.53. The van der Waals surface area contributed by atoms with Gasteiger partial charge in [-0.25, -0.2) is 31.0 Å². The highest BCUT2D eigenvalue weighted by molar-refractivity contribution is 7.88. The molecule has 2 aromatic heterocycles. The van der Waals surface area contributed by atoms with E-state index in [9.17, 15) is 22.0 Å². The van der Waals surface area contributed by atoms with Crippen molar-refractivity contribution < 1.29 is 22.0 Å². The number of piperidine rings is 1. The molecule has 2 fully saturated rings. The number of imidazole rings is 1. The molecule has 2 atom stereocenters. The third kappa shape index (κ3) is 4.85. The van der Waals surface area contributed by atoms with Crippen LogP contribution in [-0.2, 0) is 10.0 Å². The summed E-state index contributed by atoms with van der Waals surface area (Å²) in [7, 11) is -3.25. The largest absolute Gasteiger partial charge is 0.348 e. The van der Waals surface area contributed by atoms with Crippen LogP contribution in [0.1, 0.15) is 41.4 Å². The van der Waals surface area contributed by atoms with Crippen molar-refractivity contribution in [3.63, 3.8) is 0 Å². The van der Waals surface area contributed by atoms with E-state index in [1.807, 2.05) is 0 Å². The lowest BCUT2D eigenvalue weighted by Crippen LogP contribution is -2.46. The molecule has 35 heavy (non-hydrogen) atoms. The maximum absolute atomic E-state index is 14.4. The van der Waals surface area contributed by atoms with Crippen molar-refractivity contribution in [3.8, 4) is 0 Å². The fourth-order valence-corrected chi connectivity index (χ4v) is 5.70. The van der Waals surface area contributed by atoms with Crippen LogP contribution in [0.2, 0.25) is 0 Å². The van der Waals surface area contributed by atoms with Gasteiger partial charge in [0.25, 0.3) is 5.91 Å². The molecule has 0 aliphatic carbocycles. The first-order chi connectivity index (χ1) is 16.7. The number of carbonyl (C=O) groups excluding carboxylic acids is 1. The summed E-state index contributed by atoms with van der Waals surface area (Å²) in [5.41, 5.74) is 1.35. The molecule has 3 aromatic rings. The number of hydrogen-bond acceptors (Lipinski definition) is 6. The molecule has 1 aromatic carbocycles. The summed E-state index contributed by atoms with van der Waals surface area (Å²) in [5.74, 6) is -0.295. The lowest BCUT2D eigenvalue weighted by atomic mass is 10.0. The van der Waals surface area contributed by atoms with E-state index in [2.05, 4.69) is 15.4 Å². The Morgan fingerprint density at radius 2 is 1.94 bits per heavy atom. The normalized spacial score (nSPS) is 22.1. The van der Waals surface area contributed by atoms with Gasteiger partial charge >= 0.3 is 0 Å². The van der Waals surface area contributed by atoms with Gasteiger partial charge in [0.1, 0.15) is 17.8 Å². The Labute approximate surface area is 201 Å². The first kappa shape index (κ1) is 23.6. The zero-order valence-electron chi connectivity index (χ0n) is 19.1. The molecule has 4 heterocycles. The number of halogens is 2. The number of alkyl halides is 1. The van der Waals surface area contributed by atoms with Crippen molar-refractivity contribution in [2.45, 2.75) is 37.5 Å². The SMILES string of the molecule is CS(=O)(=O)N1CCC(NC(=O)c2cnc3ccc(N4CC(F)CC4c4cccc(F)c4)nn23)CC1. The number of sulfonamides is 1. The van der Waals surface area contributed by atoms with Gasteiger partial charge in [0.15, 0.2) is 11.3 Å². The maximum atomic E-state index is 14.4. The van der Waals surface area contributed by atoms with Gasteiger partial charge in [-0.2, -0.15) is 0 Å². The van der Waals surface area contributed by atoms with Crippen LogP contribution in [0.15, 0.2) is 42.6 Å². The zero-order chi connectivity index (χ0) is 24.7. The molecule has 2 unspecified atom stereocenters. The van der Waals surface area contributed by atoms with Crippen molar-refractivity contribution in [2.24, 2.45) is 0 Å². The Bertz CT molecular complexity index is 1360. The van der Waals surface area contributed by atoms with Crippen molar-refractivity contribution in [1.29, 1.82) is 0 Å². The number of rotatable bonds is 5. The van der Waals surface area contributed by atoms with E-state index >= 15 is 0 Å². The second-order valence-corrected chi connectivity index (χ2v) is 11.1. The number of hydrogen-bond donors (Lipinski definition) is 1. The molecule has 0 bridgehead atoms. The zero-order valence-corrected chi connectivity index (χ0v) is 20.0. The molecule has 2 aliphatic rings. The van der Waals surface area contributed by atoms with Crippen LogP contribution in [-0.4, -0.2) is 71.3 Å². The molecular formula is C23H26F2N6O3S. The average Bonchev–Trinajstić information content (AvgIpc) is 3.42. The average molecular weight is 505 g/mol. The second-order valence-electron chi connectivity index (χ2n) is 9.07. The number of benzene rings is 1. The molecule has 5 rings (SSSR count). The van der Waals surface area contributed by atoms with Gasteiger partial charge in [-0.05, 0) is 42.7 Å². The Balaban J connectivity index is 1.36. The smallest absolute Gasteiger partial charge is 0.271 e. The number of fused-ring (bicyclic) bond motifs is 1. The summed E-state index contributed by atoms with van der Waals surface area (Å²) in [6, 6.07) is 8.99. The first-order valence-electron chi connectivity index (χ1n) is 11.5. The summed E-state index contributed by atoms with van der Waals surface area (Å²) >= 11 is 0. The monoisotopic (exact) mass is 504 g/mol. The van der Waals surface area contributed by atoms with E-state index in [1.165, 1.54) is 33.4 Å². The van der Waals surface area contributed by atoms with Crippen molar-refractivity contribution in [3.05, 3.63) is 59.7 Å². The molecule has 2 aliphatic heterocycles. The van der Waals surface area contributed by atoms with E-state index in [-0.39, 0.29) is 42.5 Å². The van der Waals surface area contributed by atoms with Crippen molar-refractivity contribution in [2.75, 3.05) is 30.8 Å². The van der Waals surface area contributed by atoms with Gasteiger partial charge in [0.2, 0.25) is 10.0 Å². The predicted octanol–water partition coefficient (Wildman–Crippen LogP) is 2.31. The molecule has 1 N–H and O–H groups in total. The van der Waals surface area contributed by atoms with Crippen LogP contribution in [0.5, 0.6) is 0 Å². The van der Waals surface area contributed by atoms with E-state index in [1.54, 1.807) is 29.2 Å². The molecule has 0 spiro atoms. The van der Waals surface area contributed by atoms with Crippen molar-refractivity contribution >= 4 is 27.4 Å². The van der Waals surface area contributed by atoms with Crippen LogP contribution in [0, 0.1) is 5.82 Å². The van der Waals surface area contributed by atoms with Gasteiger partial charge in [0.05, 0.1) is 25.0 Å². The fourth-order valence-electron chi connectivity index (χ4n) is 4.83. The highest BCUT2D eigenvalue weighted by Gasteiger charge is 2.35. The number of anilines is 1. The highest BCUT2D eigenvalue weighted by Crippen LogP contribution is 2.36. The molecule has 186 valence electrons. The van der Waals surface area contributed by atoms with Crippen LogP contribution in [0.3, 0.4) is 0 Å². The minimum absolute atomic E-state index is 0.106. The molecule has 9 nitrogen and oxygen atoms in total. The van der Waals surface area contributed by atoms with Gasteiger partial charge in [0, 0.05) is 25.6 Å². The molecule has 0 radical (unpaired) electrons. The minimum Gasteiger partial charge on any atom is -0.348 e. The van der Waals surface area contributed by atoms with Gasteiger partial charge < -0.3 is 10.2 Å². The highest BCUT2D eigenvalue weighted by atomic mass is 32.2. The second kappa shape index (κ2) is 9.15. The topological polar surface area (TPSA) is 99.9 Å². The Morgan fingerprint density at radius 3 is 2.66 bits per heavy atom. The Morgan fingerprint density at radius 1 is 1.17 bits per heavy atom. The molecular weight excluding hydrogens is 478 g/mol. The van der Waals surface area contributed by atoms with Gasteiger partial charge in [-0.1, -0.05) is 12.1 Å². The van der Waals surface area contributed by atoms with Crippen LogP contribution in [0.4, 0.5) is 14.6 Å². The number of amides is 1. The number of aromatic nitrogens is 3. The van der Waals surface area contributed by atoms with E-state index in [4.69, 9.17) is 0 Å². The Kier molecular flexibility index (Phi) is 6.18. The van der Waals surface area contributed by atoms with Gasteiger partial charge in [-0.3, -0.25) is 4.79 Å². The minimum atomic E-state index is -3.25. The van der Waals surface area contributed by atoms with Crippen LogP contribution in [0.25, 0.3) is 5.65 Å². The van der Waals surface area contributed by atoms with E-state index < -0.39 is 16.2 Å². The Hall–Kier alpha value is -3.12. The summed E-state index contributed by atoms with van der Waals surface area (Å²) in [6.45, 7) is 0.801. The fraction of sp³-hybridized carbons (Fsp3) is 0.435. The first-order valence-corrected chi connectivity index (χ1v) is 13.3. The molecule has 12 heteroatoms. The lowest BCUT2D eigenvalue weighted by molar-refractivity contribution is 0.0916. The van der Waals surface area contributed by atoms with E-state index in [0.717, 1.165) is 0 Å². The third-order valence-electron chi connectivity index (χ3n) is 6.62. The van der Waals surface area contributed by atoms with Crippen LogP contribution < -0.4 is 10.2 Å². The van der Waals surface area contributed by atoms with Crippen molar-refractivity contribution in [1.82, 2.24) is 24.2 Å². The lowest BCUT2D eigenvalue weighted by Gasteiger charge is -2.30. The molecule has 2 saturated heterocycles. The number of nitrogens with one attached hydrogen (secondary N) is 1. The van der Waals surface area contributed by atoms with Crippen LogP contribution >= 0.6 is 0 Å². The maximum Gasteiger partial charge on any atom is 0.271 e. The van der Waals surface area contributed by atoms with Gasteiger partial charge in [-0.15, -0.1) is 5.10 Å². The third-order valence-corrected chi connectivity index (χ3v) is 7.92. The molecule has 0 saturated carbocycles. The predicted molar refractivity (Wildman–Crippen MR) is 126 cm³/mol. The molecule has 1 amide bonds. The standard InChI is InChI=1S/C23H26F2N6O3S/c1-35(33,34)29-9-7-18(8-10-29)27-23(32)20-13-26-21-5-6-22(28-31(20)21)30-14-17(25)12-19(30)15-3-2-4-16(24)11-15/h2-6,11,13,17-19H,7-10,12,14H2,1H3,(H,27,32). The summed E-state index contributed by atoms with van der Waals surface area (Å²) < 4.78 is 54.5. The van der Waals surface area contributed by atoms with E-state index in [0.29, 0.717) is 43.0 Å². The number of carbonyl (C=O) groups is 1. The quantitative estimate of drug-likeness (QED) is 0.573.